The van der Waals surface area contributed by atoms with Crippen molar-refractivity contribution in [2.24, 2.45) is 0 Å². The molecule has 2 aromatic rings. The van der Waals surface area contributed by atoms with Crippen molar-refractivity contribution in [3.05, 3.63) is 60.2 Å². The number of sulfone groups is 1. The van der Waals surface area contributed by atoms with Gasteiger partial charge in [0.1, 0.15) is 12.4 Å². The predicted molar refractivity (Wildman–Crippen MR) is 83.8 cm³/mol. The molecular weight excluding hydrogens is 302 g/mol. The molecule has 0 heterocycles. The van der Waals surface area contributed by atoms with Gasteiger partial charge in [0.25, 0.3) is 5.91 Å². The van der Waals surface area contributed by atoms with Crippen molar-refractivity contribution in [2.45, 2.75) is 4.90 Å². The molecule has 116 valence electrons. The SMILES string of the molecule is CS(=O)(=O)c1ccccc1C(=O)NCCOc1ccccc1. The van der Waals surface area contributed by atoms with Crippen LogP contribution in [-0.4, -0.2) is 33.7 Å². The predicted octanol–water partition coefficient (Wildman–Crippen LogP) is 1.90. The first-order valence-corrected chi connectivity index (χ1v) is 8.63. The Hall–Kier alpha value is -2.34. The van der Waals surface area contributed by atoms with Gasteiger partial charge >= 0.3 is 0 Å². The molecule has 2 rings (SSSR count). The molecule has 0 aromatic heterocycles. The van der Waals surface area contributed by atoms with Gasteiger partial charge < -0.3 is 10.1 Å². The Balaban J connectivity index is 1.93. The number of hydrogen-bond acceptors (Lipinski definition) is 4. The summed E-state index contributed by atoms with van der Waals surface area (Å²) in [5.41, 5.74) is 0.143. The van der Waals surface area contributed by atoms with Gasteiger partial charge in [-0.2, -0.15) is 0 Å². The summed E-state index contributed by atoms with van der Waals surface area (Å²) in [6.07, 6.45) is 1.08. The summed E-state index contributed by atoms with van der Waals surface area (Å²) in [7, 11) is -3.44. The van der Waals surface area contributed by atoms with Crippen LogP contribution in [0.25, 0.3) is 0 Å². The first-order chi connectivity index (χ1) is 10.5. The third-order valence-electron chi connectivity index (χ3n) is 2.93. The highest BCUT2D eigenvalue weighted by atomic mass is 32.2. The van der Waals surface area contributed by atoms with Gasteiger partial charge in [0, 0.05) is 6.26 Å². The number of benzene rings is 2. The van der Waals surface area contributed by atoms with Crippen LogP contribution in [0.3, 0.4) is 0 Å². The first-order valence-electron chi connectivity index (χ1n) is 6.73. The second-order valence-corrected chi connectivity index (χ2v) is 6.67. The molecule has 0 atom stereocenters. The molecule has 0 bridgehead atoms. The molecule has 0 aliphatic heterocycles. The Bertz CT molecular complexity index is 742. The van der Waals surface area contributed by atoms with Crippen molar-refractivity contribution in [3.63, 3.8) is 0 Å². The minimum atomic E-state index is -3.44. The van der Waals surface area contributed by atoms with Crippen molar-refractivity contribution in [1.29, 1.82) is 0 Å². The van der Waals surface area contributed by atoms with Crippen molar-refractivity contribution in [3.8, 4) is 5.75 Å². The second kappa shape index (κ2) is 7.09. The zero-order valence-electron chi connectivity index (χ0n) is 12.2. The van der Waals surface area contributed by atoms with E-state index in [9.17, 15) is 13.2 Å². The zero-order chi connectivity index (χ0) is 16.0. The molecular formula is C16H17NO4S. The minimum absolute atomic E-state index is 0.0245. The molecule has 1 N–H and O–H groups in total. The van der Waals surface area contributed by atoms with Crippen LogP contribution in [0, 0.1) is 0 Å². The molecule has 6 heteroatoms. The Morgan fingerprint density at radius 2 is 1.68 bits per heavy atom. The van der Waals surface area contributed by atoms with Crippen molar-refractivity contribution in [2.75, 3.05) is 19.4 Å². The van der Waals surface area contributed by atoms with E-state index in [2.05, 4.69) is 5.32 Å². The fourth-order valence-electron chi connectivity index (χ4n) is 1.92. The monoisotopic (exact) mass is 319 g/mol. The highest BCUT2D eigenvalue weighted by Crippen LogP contribution is 2.15. The molecule has 0 aliphatic rings. The number of rotatable bonds is 6. The summed E-state index contributed by atoms with van der Waals surface area (Å²) in [4.78, 5) is 12.1. The van der Waals surface area contributed by atoms with E-state index in [0.717, 1.165) is 6.26 Å². The van der Waals surface area contributed by atoms with Crippen LogP contribution >= 0.6 is 0 Å². The standard InChI is InChI=1S/C16H17NO4S/c1-22(19,20)15-10-6-5-9-14(15)16(18)17-11-12-21-13-7-3-2-4-8-13/h2-10H,11-12H2,1H3,(H,17,18). The van der Waals surface area contributed by atoms with Crippen LogP contribution in [-0.2, 0) is 9.84 Å². The Morgan fingerprint density at radius 3 is 2.36 bits per heavy atom. The molecule has 0 aliphatic carbocycles. The van der Waals surface area contributed by atoms with E-state index < -0.39 is 15.7 Å². The van der Waals surface area contributed by atoms with Gasteiger partial charge in [-0.05, 0) is 24.3 Å². The topological polar surface area (TPSA) is 72.5 Å². The number of ether oxygens (including phenoxy) is 1. The second-order valence-electron chi connectivity index (χ2n) is 4.69. The highest BCUT2D eigenvalue weighted by molar-refractivity contribution is 7.90. The minimum Gasteiger partial charge on any atom is -0.492 e. The van der Waals surface area contributed by atoms with Crippen LogP contribution in [0.2, 0.25) is 0 Å². The van der Waals surface area contributed by atoms with Crippen LogP contribution in [0.5, 0.6) is 5.75 Å². The number of amides is 1. The average Bonchev–Trinajstić information content (AvgIpc) is 2.51. The van der Waals surface area contributed by atoms with Crippen LogP contribution in [0.1, 0.15) is 10.4 Å². The molecule has 0 unspecified atom stereocenters. The third-order valence-corrected chi connectivity index (χ3v) is 4.09. The average molecular weight is 319 g/mol. The number of nitrogens with one attached hydrogen (secondary N) is 1. The van der Waals surface area contributed by atoms with E-state index in [4.69, 9.17) is 4.74 Å². The molecule has 0 radical (unpaired) electrons. The van der Waals surface area contributed by atoms with Crippen molar-refractivity contribution in [1.82, 2.24) is 5.32 Å². The number of para-hydroxylation sites is 1. The van der Waals surface area contributed by atoms with E-state index in [1.807, 2.05) is 30.3 Å². The van der Waals surface area contributed by atoms with E-state index in [-0.39, 0.29) is 17.0 Å². The Kier molecular flexibility index (Phi) is 5.16. The lowest BCUT2D eigenvalue weighted by Crippen LogP contribution is -2.29. The van der Waals surface area contributed by atoms with Gasteiger partial charge in [-0.25, -0.2) is 8.42 Å². The maximum Gasteiger partial charge on any atom is 0.252 e. The molecule has 2 aromatic carbocycles. The quantitative estimate of drug-likeness (QED) is 0.825. The van der Waals surface area contributed by atoms with E-state index >= 15 is 0 Å². The van der Waals surface area contributed by atoms with Crippen LogP contribution < -0.4 is 10.1 Å². The zero-order valence-corrected chi connectivity index (χ0v) is 13.0. The van der Waals surface area contributed by atoms with E-state index in [0.29, 0.717) is 12.4 Å². The van der Waals surface area contributed by atoms with Gasteiger partial charge in [0.15, 0.2) is 9.84 Å². The summed E-state index contributed by atoms with van der Waals surface area (Å²) in [6.45, 7) is 0.586. The maximum absolute atomic E-state index is 12.1. The largest absolute Gasteiger partial charge is 0.492 e. The molecule has 0 fully saturated rings. The van der Waals surface area contributed by atoms with Crippen molar-refractivity contribution >= 4 is 15.7 Å². The van der Waals surface area contributed by atoms with Crippen LogP contribution in [0.15, 0.2) is 59.5 Å². The lowest BCUT2D eigenvalue weighted by molar-refractivity contribution is 0.0943. The Morgan fingerprint density at radius 1 is 1.05 bits per heavy atom. The van der Waals surface area contributed by atoms with Crippen molar-refractivity contribution < 1.29 is 17.9 Å². The van der Waals surface area contributed by atoms with Gasteiger partial charge in [0.2, 0.25) is 0 Å². The van der Waals surface area contributed by atoms with E-state index in [1.165, 1.54) is 12.1 Å². The summed E-state index contributed by atoms with van der Waals surface area (Å²) >= 11 is 0. The van der Waals surface area contributed by atoms with Crippen LogP contribution in [0.4, 0.5) is 0 Å². The molecule has 22 heavy (non-hydrogen) atoms. The fraction of sp³-hybridized carbons (Fsp3) is 0.188. The summed E-state index contributed by atoms with van der Waals surface area (Å²) in [5, 5.41) is 2.65. The molecule has 5 nitrogen and oxygen atoms in total. The number of hydrogen-bond donors (Lipinski definition) is 1. The summed E-state index contributed by atoms with van der Waals surface area (Å²) in [6, 6.07) is 15.4. The molecule has 0 saturated heterocycles. The van der Waals surface area contributed by atoms with Gasteiger partial charge in [-0.3, -0.25) is 4.79 Å². The van der Waals surface area contributed by atoms with E-state index in [1.54, 1.807) is 12.1 Å². The highest BCUT2D eigenvalue weighted by Gasteiger charge is 2.17. The Labute approximate surface area is 129 Å². The van der Waals surface area contributed by atoms with Gasteiger partial charge in [-0.15, -0.1) is 0 Å². The molecule has 0 saturated carbocycles. The third kappa shape index (κ3) is 4.33. The van der Waals surface area contributed by atoms with Gasteiger partial charge in [-0.1, -0.05) is 30.3 Å². The smallest absolute Gasteiger partial charge is 0.252 e. The summed E-state index contributed by atoms with van der Waals surface area (Å²) < 4.78 is 28.8. The lowest BCUT2D eigenvalue weighted by atomic mass is 10.2. The fourth-order valence-corrected chi connectivity index (χ4v) is 2.81. The lowest BCUT2D eigenvalue weighted by Gasteiger charge is -2.10. The molecule has 1 amide bonds. The number of carbonyl (C=O) groups excluding carboxylic acids is 1. The first kappa shape index (κ1) is 16.0. The maximum atomic E-state index is 12.1. The number of carbonyl (C=O) groups is 1. The summed E-state index contributed by atoms with van der Waals surface area (Å²) in [5.74, 6) is 0.283. The normalized spacial score (nSPS) is 11.0. The molecule has 0 spiro atoms. The van der Waals surface area contributed by atoms with Gasteiger partial charge in [0.05, 0.1) is 17.0 Å².